The van der Waals surface area contributed by atoms with Gasteiger partial charge in [0.2, 0.25) is 5.69 Å². The van der Waals surface area contributed by atoms with Crippen LogP contribution in [0, 0.1) is 19.7 Å². The summed E-state index contributed by atoms with van der Waals surface area (Å²) in [5.74, 6) is -1.20. The Morgan fingerprint density at radius 2 is 1.81 bits per heavy atom. The van der Waals surface area contributed by atoms with Crippen molar-refractivity contribution >= 4 is 5.91 Å². The number of carbonyl (C=O) groups excluding carboxylic acids is 1. The third kappa shape index (κ3) is 4.79. The summed E-state index contributed by atoms with van der Waals surface area (Å²) < 4.78 is 16.0. The molecule has 3 aromatic rings. The average Bonchev–Trinajstić information content (AvgIpc) is 2.74. The van der Waals surface area contributed by atoms with Crippen molar-refractivity contribution in [2.75, 3.05) is 0 Å². The molecule has 0 spiro atoms. The fourth-order valence-electron chi connectivity index (χ4n) is 2.95. The van der Waals surface area contributed by atoms with Gasteiger partial charge < -0.3 is 5.32 Å². The van der Waals surface area contributed by atoms with Crippen LogP contribution in [0.2, 0.25) is 0 Å². The smallest absolute Gasteiger partial charge is 0.348 e. The van der Waals surface area contributed by atoms with Crippen LogP contribution in [-0.4, -0.2) is 26.3 Å². The molecule has 1 heterocycles. The first kappa shape index (κ1) is 22.1. The Hall–Kier alpha value is -3.55. The molecule has 8 heteroatoms. The lowest BCUT2D eigenvalue weighted by atomic mass is 10.1. The van der Waals surface area contributed by atoms with Gasteiger partial charge in [-0.05, 0) is 44.4 Å². The fraction of sp³-hybridized carbons (Fsp3) is 0.304. The summed E-state index contributed by atoms with van der Waals surface area (Å²) in [6, 6.07) is 11.3. The standard InChI is InChI=1S/C23H25FN4O3/c1-5-16(4)25-21(29)20-22(30)27(13-17-9-6-14(2)7-10-17)23(31)28(26-20)18-11-8-15(3)19(24)12-18/h6-12,16H,5,13H2,1-4H3,(H,25,29)/t16-/m0/s1. The van der Waals surface area contributed by atoms with Gasteiger partial charge in [-0.15, -0.1) is 0 Å². The van der Waals surface area contributed by atoms with E-state index >= 15 is 0 Å². The maximum atomic E-state index is 14.1. The van der Waals surface area contributed by atoms with Crippen molar-refractivity contribution in [2.45, 2.75) is 46.7 Å². The average molecular weight is 424 g/mol. The van der Waals surface area contributed by atoms with Crippen LogP contribution < -0.4 is 16.6 Å². The summed E-state index contributed by atoms with van der Waals surface area (Å²) >= 11 is 0. The summed E-state index contributed by atoms with van der Waals surface area (Å²) in [5, 5.41) is 6.71. The molecule has 1 N–H and O–H groups in total. The quantitative estimate of drug-likeness (QED) is 0.659. The second-order valence-electron chi connectivity index (χ2n) is 7.64. The van der Waals surface area contributed by atoms with E-state index in [1.165, 1.54) is 12.1 Å². The molecule has 31 heavy (non-hydrogen) atoms. The predicted molar refractivity (Wildman–Crippen MR) is 116 cm³/mol. The minimum Gasteiger partial charge on any atom is -0.348 e. The first-order valence-electron chi connectivity index (χ1n) is 10.1. The van der Waals surface area contributed by atoms with Gasteiger partial charge in [0.05, 0.1) is 12.2 Å². The lowest BCUT2D eigenvalue weighted by molar-refractivity contribution is 0.0929. The van der Waals surface area contributed by atoms with E-state index in [1.54, 1.807) is 26.0 Å². The molecule has 0 saturated carbocycles. The molecule has 1 aromatic heterocycles. The lowest BCUT2D eigenvalue weighted by Gasteiger charge is -2.14. The molecule has 7 nitrogen and oxygen atoms in total. The molecule has 0 unspecified atom stereocenters. The summed E-state index contributed by atoms with van der Waals surface area (Å²) in [5.41, 5.74) is 0.304. The Kier molecular flexibility index (Phi) is 6.48. The van der Waals surface area contributed by atoms with E-state index in [9.17, 15) is 18.8 Å². The van der Waals surface area contributed by atoms with Crippen LogP contribution >= 0.6 is 0 Å². The maximum Gasteiger partial charge on any atom is 0.352 e. The van der Waals surface area contributed by atoms with Crippen molar-refractivity contribution in [3.63, 3.8) is 0 Å². The number of carbonyl (C=O) groups is 1. The van der Waals surface area contributed by atoms with E-state index in [-0.39, 0.29) is 18.3 Å². The van der Waals surface area contributed by atoms with E-state index in [4.69, 9.17) is 0 Å². The topological polar surface area (TPSA) is 86.0 Å². The number of rotatable bonds is 6. The van der Waals surface area contributed by atoms with Crippen molar-refractivity contribution < 1.29 is 9.18 Å². The molecule has 2 aromatic carbocycles. The summed E-state index contributed by atoms with van der Waals surface area (Å²) in [4.78, 5) is 38.9. The molecule has 0 fully saturated rings. The Bertz CT molecular complexity index is 1230. The van der Waals surface area contributed by atoms with E-state index in [1.807, 2.05) is 26.0 Å². The minimum absolute atomic E-state index is 0.0432. The second-order valence-corrected chi connectivity index (χ2v) is 7.64. The van der Waals surface area contributed by atoms with Crippen molar-refractivity contribution in [1.82, 2.24) is 19.7 Å². The number of aryl methyl sites for hydroxylation is 2. The van der Waals surface area contributed by atoms with Gasteiger partial charge in [-0.3, -0.25) is 14.2 Å². The third-order valence-corrected chi connectivity index (χ3v) is 5.13. The molecular formula is C23H25FN4O3. The van der Waals surface area contributed by atoms with Crippen LogP contribution in [0.5, 0.6) is 0 Å². The number of hydrogen-bond donors (Lipinski definition) is 1. The van der Waals surface area contributed by atoms with Crippen LogP contribution in [-0.2, 0) is 6.54 Å². The molecule has 0 aliphatic rings. The van der Waals surface area contributed by atoms with Gasteiger partial charge in [0.1, 0.15) is 5.82 Å². The molecule has 162 valence electrons. The van der Waals surface area contributed by atoms with Crippen LogP contribution in [0.4, 0.5) is 4.39 Å². The van der Waals surface area contributed by atoms with Gasteiger partial charge in [0, 0.05) is 12.1 Å². The predicted octanol–water partition coefficient (Wildman–Crippen LogP) is 2.73. The van der Waals surface area contributed by atoms with Crippen LogP contribution in [0.3, 0.4) is 0 Å². The van der Waals surface area contributed by atoms with Gasteiger partial charge in [-0.2, -0.15) is 9.78 Å². The molecule has 0 bridgehead atoms. The van der Waals surface area contributed by atoms with Crippen LogP contribution in [0.15, 0.2) is 52.1 Å². The monoisotopic (exact) mass is 424 g/mol. The van der Waals surface area contributed by atoms with Gasteiger partial charge in [-0.1, -0.05) is 42.8 Å². The number of amides is 1. The van der Waals surface area contributed by atoms with Gasteiger partial charge in [-0.25, -0.2) is 9.18 Å². The highest BCUT2D eigenvalue weighted by Gasteiger charge is 2.21. The molecule has 3 rings (SSSR count). The van der Waals surface area contributed by atoms with E-state index < -0.39 is 28.7 Å². The normalized spacial score (nSPS) is 11.9. The highest BCUT2D eigenvalue weighted by Crippen LogP contribution is 2.11. The van der Waals surface area contributed by atoms with E-state index in [0.717, 1.165) is 20.9 Å². The first-order chi connectivity index (χ1) is 14.7. The second kappa shape index (κ2) is 9.07. The zero-order valence-electron chi connectivity index (χ0n) is 18.0. The molecule has 1 atom stereocenters. The van der Waals surface area contributed by atoms with Gasteiger partial charge in [0.25, 0.3) is 11.5 Å². The third-order valence-electron chi connectivity index (χ3n) is 5.13. The molecule has 0 aliphatic carbocycles. The highest BCUT2D eigenvalue weighted by atomic mass is 19.1. The van der Waals surface area contributed by atoms with E-state index in [0.29, 0.717) is 17.5 Å². The van der Waals surface area contributed by atoms with Gasteiger partial charge >= 0.3 is 5.69 Å². The van der Waals surface area contributed by atoms with E-state index in [2.05, 4.69) is 10.4 Å². The van der Waals surface area contributed by atoms with Crippen LogP contribution in [0.1, 0.15) is 47.4 Å². The number of halogens is 1. The zero-order valence-corrected chi connectivity index (χ0v) is 18.0. The highest BCUT2D eigenvalue weighted by molar-refractivity contribution is 5.91. The Balaban J connectivity index is 2.20. The molecule has 0 aliphatic heterocycles. The van der Waals surface area contributed by atoms with Crippen LogP contribution in [0.25, 0.3) is 5.69 Å². The number of hydrogen-bond acceptors (Lipinski definition) is 4. The largest absolute Gasteiger partial charge is 0.352 e. The summed E-state index contributed by atoms with van der Waals surface area (Å²) in [7, 11) is 0. The minimum atomic E-state index is -0.796. The Morgan fingerprint density at radius 3 is 2.42 bits per heavy atom. The summed E-state index contributed by atoms with van der Waals surface area (Å²) in [6.45, 7) is 7.17. The Labute approximate surface area is 179 Å². The lowest BCUT2D eigenvalue weighted by Crippen LogP contribution is -2.47. The number of nitrogens with one attached hydrogen (secondary N) is 1. The van der Waals surface area contributed by atoms with Crippen molar-refractivity contribution in [1.29, 1.82) is 0 Å². The zero-order chi connectivity index (χ0) is 22.7. The molecule has 0 radical (unpaired) electrons. The molecular weight excluding hydrogens is 399 g/mol. The number of benzene rings is 2. The Morgan fingerprint density at radius 1 is 1.13 bits per heavy atom. The SMILES string of the molecule is CC[C@H](C)NC(=O)c1nn(-c2ccc(C)c(F)c2)c(=O)n(Cc2ccc(C)cc2)c1=O. The molecule has 0 saturated heterocycles. The van der Waals surface area contributed by atoms with Crippen molar-refractivity contribution in [3.05, 3.63) is 91.5 Å². The number of nitrogens with zero attached hydrogens (tertiary/aromatic N) is 3. The summed E-state index contributed by atoms with van der Waals surface area (Å²) in [6.07, 6.45) is 0.659. The fourth-order valence-corrected chi connectivity index (χ4v) is 2.95. The molecule has 1 amide bonds. The maximum absolute atomic E-state index is 14.1. The first-order valence-corrected chi connectivity index (χ1v) is 10.1. The van der Waals surface area contributed by atoms with Crippen molar-refractivity contribution in [2.24, 2.45) is 0 Å². The van der Waals surface area contributed by atoms with Gasteiger partial charge in [0.15, 0.2) is 0 Å². The van der Waals surface area contributed by atoms with Crippen molar-refractivity contribution in [3.8, 4) is 5.69 Å². The number of aromatic nitrogens is 3.